The summed E-state index contributed by atoms with van der Waals surface area (Å²) in [7, 11) is 0. The molecule has 1 aromatic rings. The van der Waals surface area contributed by atoms with E-state index >= 15 is 0 Å². The zero-order valence-electron chi connectivity index (χ0n) is 16.4. The smallest absolute Gasteiger partial charge is 0.291 e. The Balaban J connectivity index is 1.89. The van der Waals surface area contributed by atoms with Crippen LogP contribution in [0.15, 0.2) is 18.2 Å². The van der Waals surface area contributed by atoms with Crippen LogP contribution in [0.4, 0.5) is 10.1 Å². The molecule has 0 unspecified atom stereocenters. The molecule has 3 N–H and O–H groups in total. The van der Waals surface area contributed by atoms with E-state index < -0.39 is 28.7 Å². The molecule has 0 saturated carbocycles. The quantitative estimate of drug-likeness (QED) is 0.736. The van der Waals surface area contributed by atoms with Gasteiger partial charge < -0.3 is 10.6 Å². The number of carbonyl (C=O) groups is 3. The lowest BCUT2D eigenvalue weighted by atomic mass is 9.76. The van der Waals surface area contributed by atoms with Crippen molar-refractivity contribution in [2.75, 3.05) is 17.3 Å². The Bertz CT molecular complexity index is 884. The molecule has 2 saturated heterocycles. The predicted molar refractivity (Wildman–Crippen MR) is 104 cm³/mol. The van der Waals surface area contributed by atoms with E-state index in [1.807, 2.05) is 32.3 Å². The molecule has 3 aliphatic heterocycles. The molecule has 2 fully saturated rings. The number of nitrogens with two attached hydrogens (primary N) is 1. The van der Waals surface area contributed by atoms with Crippen LogP contribution in [0.5, 0.6) is 0 Å². The molecule has 1 aromatic carbocycles. The number of likely N-dealkylation sites (tertiary alicyclic amines) is 1. The average molecular weight is 407 g/mol. The number of fused-ring (bicyclic) bond motifs is 4. The fraction of sp³-hybridized carbons (Fsp3) is 0.550. The maximum absolute atomic E-state index is 14.1. The molecule has 8 heteroatoms. The average Bonchev–Trinajstić information content (AvgIpc) is 3.18. The highest BCUT2D eigenvalue weighted by atomic mass is 32.2. The van der Waals surface area contributed by atoms with Crippen LogP contribution >= 0.6 is 11.8 Å². The van der Waals surface area contributed by atoms with Gasteiger partial charge in [0.15, 0.2) is 0 Å². The molecule has 0 aliphatic carbocycles. The molecule has 0 bridgehead atoms. The Morgan fingerprint density at radius 3 is 2.61 bits per heavy atom. The first-order valence-electron chi connectivity index (χ1n) is 9.47. The van der Waals surface area contributed by atoms with Gasteiger partial charge in [-0.3, -0.25) is 19.3 Å². The summed E-state index contributed by atoms with van der Waals surface area (Å²) in [4.78, 5) is 41.3. The molecule has 3 amide bonds. The number of anilines is 1. The highest BCUT2D eigenvalue weighted by Crippen LogP contribution is 2.50. The summed E-state index contributed by atoms with van der Waals surface area (Å²) in [6.45, 7) is 5.46. The van der Waals surface area contributed by atoms with Crippen LogP contribution in [-0.2, 0) is 19.9 Å². The standard InChI is InChI=1S/C20H24FN3O3S/c1-19(2,3)24-16(25)14-13(7-8-28-4)23-20(15(14)17(24)26)11-9-10(21)5-6-12(11)22-18(20)27/h5-6,9,13-15,23H,7-8H2,1-4H3,(H,22,27)/p+1/t13-,14-,15-,20-/m1/s1. The molecular weight excluding hydrogens is 381 g/mol. The van der Waals surface area contributed by atoms with Crippen LogP contribution in [0.2, 0.25) is 0 Å². The normalized spacial score (nSPS) is 31.5. The monoisotopic (exact) mass is 406 g/mol. The highest BCUT2D eigenvalue weighted by molar-refractivity contribution is 7.98. The summed E-state index contributed by atoms with van der Waals surface area (Å²) in [5, 5.41) is 4.67. The van der Waals surface area contributed by atoms with Crippen LogP contribution in [0.3, 0.4) is 0 Å². The van der Waals surface area contributed by atoms with E-state index in [-0.39, 0.29) is 23.8 Å². The van der Waals surface area contributed by atoms with Crippen molar-refractivity contribution in [2.24, 2.45) is 11.8 Å². The van der Waals surface area contributed by atoms with E-state index in [1.54, 1.807) is 11.8 Å². The van der Waals surface area contributed by atoms with Gasteiger partial charge in [-0.1, -0.05) is 0 Å². The Labute approximate surface area is 167 Å². The van der Waals surface area contributed by atoms with E-state index in [4.69, 9.17) is 0 Å². The Hall–Kier alpha value is -1.93. The summed E-state index contributed by atoms with van der Waals surface area (Å²) in [6, 6.07) is 3.94. The fourth-order valence-electron chi connectivity index (χ4n) is 5.11. The molecule has 3 heterocycles. The second kappa shape index (κ2) is 6.29. The highest BCUT2D eigenvalue weighted by Gasteiger charge is 2.74. The molecule has 3 aliphatic rings. The van der Waals surface area contributed by atoms with Gasteiger partial charge in [-0.15, -0.1) is 0 Å². The first kappa shape index (κ1) is 19.4. The number of imide groups is 1. The summed E-state index contributed by atoms with van der Waals surface area (Å²) in [5.41, 5.74) is -0.987. The second-order valence-corrected chi connectivity index (χ2v) is 9.80. The van der Waals surface area contributed by atoms with Gasteiger partial charge in [-0.05, 0) is 51.0 Å². The van der Waals surface area contributed by atoms with Crippen molar-refractivity contribution >= 4 is 35.2 Å². The number of benzene rings is 1. The first-order chi connectivity index (χ1) is 13.1. The number of thioether (sulfide) groups is 1. The van der Waals surface area contributed by atoms with Crippen LogP contribution < -0.4 is 10.6 Å². The zero-order valence-corrected chi connectivity index (χ0v) is 17.2. The Morgan fingerprint density at radius 2 is 1.96 bits per heavy atom. The Kier molecular flexibility index (Phi) is 4.35. The molecule has 0 aromatic heterocycles. The molecule has 6 nitrogen and oxygen atoms in total. The van der Waals surface area contributed by atoms with Gasteiger partial charge in [0.25, 0.3) is 5.91 Å². The van der Waals surface area contributed by atoms with Gasteiger partial charge in [0.05, 0.1) is 5.69 Å². The molecule has 28 heavy (non-hydrogen) atoms. The zero-order chi connectivity index (χ0) is 20.4. The number of hydrogen-bond acceptors (Lipinski definition) is 4. The molecule has 4 atom stereocenters. The van der Waals surface area contributed by atoms with Crippen molar-refractivity contribution in [3.63, 3.8) is 0 Å². The van der Waals surface area contributed by atoms with Crippen molar-refractivity contribution in [3.8, 4) is 0 Å². The topological polar surface area (TPSA) is 83.1 Å². The van der Waals surface area contributed by atoms with Crippen LogP contribution in [0, 0.1) is 17.7 Å². The van der Waals surface area contributed by atoms with E-state index in [0.29, 0.717) is 17.7 Å². The molecular formula is C20H25FN3O3S+. The van der Waals surface area contributed by atoms with Gasteiger partial charge in [-0.2, -0.15) is 11.8 Å². The number of rotatable bonds is 3. The van der Waals surface area contributed by atoms with Gasteiger partial charge >= 0.3 is 0 Å². The fourth-order valence-corrected chi connectivity index (χ4v) is 5.62. The van der Waals surface area contributed by atoms with E-state index in [9.17, 15) is 18.8 Å². The number of carbonyl (C=O) groups excluding carboxylic acids is 3. The molecule has 1 spiro atoms. The van der Waals surface area contributed by atoms with Gasteiger partial charge in [0.2, 0.25) is 17.4 Å². The second-order valence-electron chi connectivity index (χ2n) is 8.81. The summed E-state index contributed by atoms with van der Waals surface area (Å²) < 4.78 is 14.1. The lowest BCUT2D eigenvalue weighted by molar-refractivity contribution is -0.733. The van der Waals surface area contributed by atoms with Gasteiger partial charge in [0.1, 0.15) is 23.7 Å². The number of nitrogens with zero attached hydrogens (tertiary/aromatic N) is 1. The molecule has 0 radical (unpaired) electrons. The minimum atomic E-state index is -1.29. The van der Waals surface area contributed by atoms with Crippen LogP contribution in [0.25, 0.3) is 0 Å². The van der Waals surface area contributed by atoms with Crippen molar-refractivity contribution in [3.05, 3.63) is 29.6 Å². The van der Waals surface area contributed by atoms with Crippen LogP contribution in [0.1, 0.15) is 32.8 Å². The third-order valence-corrected chi connectivity index (χ3v) is 6.80. The minimum absolute atomic E-state index is 0.207. The largest absolute Gasteiger partial charge is 0.326 e. The SMILES string of the molecule is CSCC[C@H]1[NH2+][C@@]2(C(=O)Nc3ccc(F)cc32)[C@H]2C(=O)N(C(C)(C)C)C(=O)[C@H]12. The maximum atomic E-state index is 14.1. The molecule has 150 valence electrons. The molecule has 4 rings (SSSR count). The van der Waals surface area contributed by atoms with Gasteiger partial charge in [0, 0.05) is 17.5 Å². The number of quaternary nitrogens is 1. The van der Waals surface area contributed by atoms with E-state index in [0.717, 1.165) is 5.75 Å². The van der Waals surface area contributed by atoms with Crippen molar-refractivity contribution < 1.29 is 24.1 Å². The maximum Gasteiger partial charge on any atom is 0.291 e. The Morgan fingerprint density at radius 1 is 1.25 bits per heavy atom. The summed E-state index contributed by atoms with van der Waals surface area (Å²) >= 11 is 1.66. The lowest BCUT2D eigenvalue weighted by Crippen LogP contribution is -2.99. The third-order valence-electron chi connectivity index (χ3n) is 6.16. The number of halogens is 1. The van der Waals surface area contributed by atoms with Crippen molar-refractivity contribution in [1.82, 2.24) is 4.90 Å². The van der Waals surface area contributed by atoms with Crippen molar-refractivity contribution in [1.29, 1.82) is 0 Å². The summed E-state index contributed by atoms with van der Waals surface area (Å²) in [6.07, 6.45) is 2.68. The number of amides is 3. The van der Waals surface area contributed by atoms with E-state index in [2.05, 4.69) is 5.32 Å². The minimum Gasteiger partial charge on any atom is -0.326 e. The first-order valence-corrected chi connectivity index (χ1v) is 10.9. The summed E-state index contributed by atoms with van der Waals surface area (Å²) in [5.74, 6) is -1.96. The van der Waals surface area contributed by atoms with Crippen LogP contribution in [-0.4, -0.2) is 46.2 Å². The van der Waals surface area contributed by atoms with Crippen molar-refractivity contribution in [2.45, 2.75) is 44.3 Å². The number of nitrogens with one attached hydrogen (secondary N) is 1. The lowest BCUT2D eigenvalue weighted by Gasteiger charge is -2.33. The van der Waals surface area contributed by atoms with Gasteiger partial charge in [-0.25, -0.2) is 4.39 Å². The van der Waals surface area contributed by atoms with E-state index in [1.165, 1.54) is 23.1 Å². The third kappa shape index (κ3) is 2.47. The predicted octanol–water partition coefficient (Wildman–Crippen LogP) is 1.07. The number of hydrogen-bond donors (Lipinski definition) is 2.